The lowest BCUT2D eigenvalue weighted by Crippen LogP contribution is -2.20. The van der Waals surface area contributed by atoms with Gasteiger partial charge in [-0.2, -0.15) is 0 Å². The second kappa shape index (κ2) is 8.61. The lowest BCUT2D eigenvalue weighted by atomic mass is 10.1. The molecule has 0 radical (unpaired) electrons. The molecule has 1 atom stereocenters. The normalized spacial score (nSPS) is 13.1. The van der Waals surface area contributed by atoms with E-state index in [1.54, 1.807) is 6.07 Å². The van der Waals surface area contributed by atoms with Crippen molar-refractivity contribution in [3.05, 3.63) is 28.8 Å². The molecule has 0 spiro atoms. The van der Waals surface area contributed by atoms with E-state index in [0.717, 1.165) is 24.3 Å². The van der Waals surface area contributed by atoms with Crippen LogP contribution in [-0.4, -0.2) is 33.6 Å². The van der Waals surface area contributed by atoms with Gasteiger partial charge in [-0.1, -0.05) is 18.5 Å². The Morgan fingerprint density at radius 2 is 2.10 bits per heavy atom. The van der Waals surface area contributed by atoms with Crippen LogP contribution < -0.4 is 10.1 Å². The molecule has 0 aliphatic heterocycles. The number of benzene rings is 1. The zero-order chi connectivity index (χ0) is 15.9. The molecule has 0 fully saturated rings. The molecule has 1 unspecified atom stereocenters. The molecule has 0 heterocycles. The predicted molar refractivity (Wildman–Crippen MR) is 88.0 cm³/mol. The number of ether oxygens (including phenoxy) is 1. The number of hydrogen-bond donors (Lipinski definition) is 1. The SMILES string of the molecule is CCCNC(C)c1cc(Cl)ccc1OCCCS(C)(=O)=O. The highest BCUT2D eigenvalue weighted by atomic mass is 35.5. The minimum Gasteiger partial charge on any atom is -0.493 e. The summed E-state index contributed by atoms with van der Waals surface area (Å²) in [6, 6.07) is 5.64. The van der Waals surface area contributed by atoms with E-state index in [1.165, 1.54) is 6.26 Å². The van der Waals surface area contributed by atoms with Gasteiger partial charge in [0, 0.05) is 22.9 Å². The zero-order valence-electron chi connectivity index (χ0n) is 12.9. The van der Waals surface area contributed by atoms with Crippen LogP contribution in [0.25, 0.3) is 0 Å². The first-order chi connectivity index (χ1) is 9.83. The van der Waals surface area contributed by atoms with Crippen molar-refractivity contribution in [2.24, 2.45) is 0 Å². The number of sulfone groups is 1. The van der Waals surface area contributed by atoms with Crippen LogP contribution in [0.5, 0.6) is 5.75 Å². The molecule has 4 nitrogen and oxygen atoms in total. The van der Waals surface area contributed by atoms with Crippen LogP contribution in [-0.2, 0) is 9.84 Å². The van der Waals surface area contributed by atoms with Gasteiger partial charge in [-0.15, -0.1) is 0 Å². The van der Waals surface area contributed by atoms with Gasteiger partial charge in [0.2, 0.25) is 0 Å². The zero-order valence-corrected chi connectivity index (χ0v) is 14.4. The highest BCUT2D eigenvalue weighted by Crippen LogP contribution is 2.28. The molecule has 0 aromatic heterocycles. The van der Waals surface area contributed by atoms with E-state index in [4.69, 9.17) is 16.3 Å². The molecule has 0 amide bonds. The van der Waals surface area contributed by atoms with Gasteiger partial charge in [-0.25, -0.2) is 8.42 Å². The molecule has 0 saturated carbocycles. The molecule has 1 rings (SSSR count). The average Bonchev–Trinajstić information content (AvgIpc) is 2.41. The Labute approximate surface area is 132 Å². The van der Waals surface area contributed by atoms with Crippen molar-refractivity contribution >= 4 is 21.4 Å². The maximum atomic E-state index is 11.1. The van der Waals surface area contributed by atoms with Gasteiger partial charge in [0.15, 0.2) is 0 Å². The van der Waals surface area contributed by atoms with Crippen molar-refractivity contribution in [1.82, 2.24) is 5.32 Å². The number of hydrogen-bond acceptors (Lipinski definition) is 4. The molecule has 0 bridgehead atoms. The standard InChI is InChI=1S/C15H24ClNO3S/c1-4-8-17-12(2)14-11-13(16)6-7-15(14)20-9-5-10-21(3,18)19/h6-7,11-12,17H,4-5,8-10H2,1-3H3. The fourth-order valence-electron chi connectivity index (χ4n) is 1.96. The van der Waals surface area contributed by atoms with Crippen LogP contribution in [0.1, 0.15) is 38.3 Å². The van der Waals surface area contributed by atoms with Crippen molar-refractivity contribution in [2.45, 2.75) is 32.7 Å². The summed E-state index contributed by atoms with van der Waals surface area (Å²) in [4.78, 5) is 0. The molecule has 6 heteroatoms. The van der Waals surface area contributed by atoms with E-state index in [2.05, 4.69) is 19.2 Å². The number of halogens is 1. The molecular formula is C15H24ClNO3S. The summed E-state index contributed by atoms with van der Waals surface area (Å²) in [5.74, 6) is 0.892. The van der Waals surface area contributed by atoms with Gasteiger partial charge in [-0.3, -0.25) is 0 Å². The summed E-state index contributed by atoms with van der Waals surface area (Å²) in [6.07, 6.45) is 2.77. The van der Waals surface area contributed by atoms with Gasteiger partial charge in [-0.05, 0) is 44.5 Å². The van der Waals surface area contributed by atoms with Crippen LogP contribution in [0.2, 0.25) is 5.02 Å². The third-order valence-electron chi connectivity index (χ3n) is 3.06. The Kier molecular flexibility index (Phi) is 7.49. The first kappa shape index (κ1) is 18.3. The van der Waals surface area contributed by atoms with Crippen LogP contribution in [0.3, 0.4) is 0 Å². The molecule has 1 aromatic rings. The molecule has 1 aromatic carbocycles. The Hall–Kier alpha value is -0.780. The summed E-state index contributed by atoms with van der Waals surface area (Å²) in [6.45, 7) is 5.47. The van der Waals surface area contributed by atoms with Gasteiger partial charge in [0.05, 0.1) is 12.4 Å². The van der Waals surface area contributed by atoms with Crippen molar-refractivity contribution < 1.29 is 13.2 Å². The highest BCUT2D eigenvalue weighted by molar-refractivity contribution is 7.90. The first-order valence-corrected chi connectivity index (χ1v) is 9.60. The fraction of sp³-hybridized carbons (Fsp3) is 0.600. The number of nitrogens with one attached hydrogen (secondary N) is 1. The molecular weight excluding hydrogens is 310 g/mol. The Morgan fingerprint density at radius 3 is 2.71 bits per heavy atom. The molecule has 21 heavy (non-hydrogen) atoms. The van der Waals surface area contributed by atoms with Crippen molar-refractivity contribution in [3.8, 4) is 5.75 Å². The second-order valence-electron chi connectivity index (χ2n) is 5.19. The third-order valence-corrected chi connectivity index (χ3v) is 4.32. The Morgan fingerprint density at radius 1 is 1.38 bits per heavy atom. The third kappa shape index (κ3) is 7.16. The van der Waals surface area contributed by atoms with Gasteiger partial charge in [0.25, 0.3) is 0 Å². The van der Waals surface area contributed by atoms with E-state index in [9.17, 15) is 8.42 Å². The van der Waals surface area contributed by atoms with Crippen LogP contribution in [0.4, 0.5) is 0 Å². The Bertz CT molecular complexity index is 546. The largest absolute Gasteiger partial charge is 0.493 e. The summed E-state index contributed by atoms with van der Waals surface area (Å²) in [5, 5.41) is 4.06. The molecule has 1 N–H and O–H groups in total. The quantitative estimate of drug-likeness (QED) is 0.705. The van der Waals surface area contributed by atoms with E-state index in [1.807, 2.05) is 12.1 Å². The molecule has 0 aliphatic rings. The van der Waals surface area contributed by atoms with Crippen LogP contribution >= 0.6 is 11.6 Å². The van der Waals surface area contributed by atoms with E-state index in [-0.39, 0.29) is 11.8 Å². The average molecular weight is 334 g/mol. The maximum Gasteiger partial charge on any atom is 0.147 e. The monoisotopic (exact) mass is 333 g/mol. The highest BCUT2D eigenvalue weighted by Gasteiger charge is 2.12. The second-order valence-corrected chi connectivity index (χ2v) is 7.89. The van der Waals surface area contributed by atoms with E-state index in [0.29, 0.717) is 18.1 Å². The maximum absolute atomic E-state index is 11.1. The van der Waals surface area contributed by atoms with Crippen LogP contribution in [0.15, 0.2) is 18.2 Å². The smallest absolute Gasteiger partial charge is 0.147 e. The molecule has 120 valence electrons. The van der Waals surface area contributed by atoms with E-state index >= 15 is 0 Å². The molecule has 0 aliphatic carbocycles. The lowest BCUT2D eigenvalue weighted by molar-refractivity contribution is 0.311. The summed E-state index contributed by atoms with van der Waals surface area (Å²) >= 11 is 6.05. The lowest BCUT2D eigenvalue weighted by Gasteiger charge is -2.18. The van der Waals surface area contributed by atoms with Crippen molar-refractivity contribution in [1.29, 1.82) is 0 Å². The summed E-state index contributed by atoms with van der Waals surface area (Å²) in [5.41, 5.74) is 0.996. The van der Waals surface area contributed by atoms with E-state index < -0.39 is 9.84 Å². The topological polar surface area (TPSA) is 55.4 Å². The fourth-order valence-corrected chi connectivity index (χ4v) is 2.79. The number of rotatable bonds is 9. The van der Waals surface area contributed by atoms with Gasteiger partial charge in [0.1, 0.15) is 15.6 Å². The Balaban J connectivity index is 2.68. The summed E-state index contributed by atoms with van der Waals surface area (Å²) < 4.78 is 27.9. The van der Waals surface area contributed by atoms with Gasteiger partial charge < -0.3 is 10.1 Å². The van der Waals surface area contributed by atoms with Gasteiger partial charge >= 0.3 is 0 Å². The predicted octanol–water partition coefficient (Wildman–Crippen LogP) is 3.21. The molecule has 0 saturated heterocycles. The van der Waals surface area contributed by atoms with Crippen molar-refractivity contribution in [3.63, 3.8) is 0 Å². The minimum atomic E-state index is -2.94. The first-order valence-electron chi connectivity index (χ1n) is 7.17. The summed E-state index contributed by atoms with van der Waals surface area (Å²) in [7, 11) is -2.94. The minimum absolute atomic E-state index is 0.133. The van der Waals surface area contributed by atoms with Crippen LogP contribution in [0, 0.1) is 0 Å². The van der Waals surface area contributed by atoms with Crippen molar-refractivity contribution in [2.75, 3.05) is 25.2 Å².